The summed E-state index contributed by atoms with van der Waals surface area (Å²) in [5.41, 5.74) is 4.23. The van der Waals surface area contributed by atoms with Gasteiger partial charge in [-0.2, -0.15) is 5.10 Å². The molecule has 0 aliphatic carbocycles. The summed E-state index contributed by atoms with van der Waals surface area (Å²) in [6.45, 7) is 0. The molecule has 2 N–H and O–H groups in total. The van der Waals surface area contributed by atoms with Gasteiger partial charge >= 0.3 is 0 Å². The first kappa shape index (κ1) is 17.7. The number of rotatable bonds is 6. The van der Waals surface area contributed by atoms with Crippen molar-refractivity contribution in [2.75, 3.05) is 0 Å². The number of carbonyl (C=O) groups is 1. The number of halogens is 1. The highest BCUT2D eigenvalue weighted by Crippen LogP contribution is 2.24. The van der Waals surface area contributed by atoms with E-state index < -0.39 is 0 Å². The first-order valence-electron chi connectivity index (χ1n) is 7.94. The zero-order valence-corrected chi connectivity index (χ0v) is 14.5. The zero-order valence-electron chi connectivity index (χ0n) is 13.7. The molecule has 26 heavy (non-hydrogen) atoms. The van der Waals surface area contributed by atoms with E-state index in [2.05, 4.69) is 15.5 Å². The van der Waals surface area contributed by atoms with E-state index in [4.69, 9.17) is 16.0 Å². The van der Waals surface area contributed by atoms with Gasteiger partial charge in [0.25, 0.3) is 0 Å². The number of nitrogens with zero attached hydrogens (tertiary/aromatic N) is 2. The highest BCUT2D eigenvalue weighted by Gasteiger charge is 2.11. The first-order valence-corrected chi connectivity index (χ1v) is 8.32. The van der Waals surface area contributed by atoms with Gasteiger partial charge in [-0.15, -0.1) is 0 Å². The molecule has 3 aromatic rings. The fourth-order valence-corrected chi connectivity index (χ4v) is 2.45. The van der Waals surface area contributed by atoms with Gasteiger partial charge in [0.2, 0.25) is 17.0 Å². The fraction of sp³-hybridized carbons (Fsp3) is 0.105. The smallest absolute Gasteiger partial charge is 0.240 e. The molecule has 1 amide bonds. The van der Waals surface area contributed by atoms with Crippen LogP contribution < -0.4 is 5.43 Å². The lowest BCUT2D eigenvalue weighted by Crippen LogP contribution is -2.18. The molecule has 0 aliphatic rings. The predicted octanol–water partition coefficient (Wildman–Crippen LogP) is 3.78. The molecule has 0 unspecified atom stereocenters. The van der Waals surface area contributed by atoms with Gasteiger partial charge in [0, 0.05) is 12.0 Å². The molecule has 0 spiro atoms. The molecule has 0 saturated heterocycles. The second-order valence-electron chi connectivity index (χ2n) is 5.47. The Labute approximate surface area is 155 Å². The molecule has 6 nitrogen and oxygen atoms in total. The molecule has 1 aromatic heterocycles. The predicted molar refractivity (Wildman–Crippen MR) is 99.1 cm³/mol. The lowest BCUT2D eigenvalue weighted by atomic mass is 10.1. The normalized spacial score (nSPS) is 11.0. The number of aryl methyl sites for hydroxylation is 1. The number of nitrogens with one attached hydrogen (secondary N) is 1. The van der Waals surface area contributed by atoms with Crippen LogP contribution in [0, 0.1) is 0 Å². The Morgan fingerprint density at radius 1 is 1.19 bits per heavy atom. The minimum atomic E-state index is -0.285. The van der Waals surface area contributed by atoms with Crippen molar-refractivity contribution < 1.29 is 14.3 Å². The highest BCUT2D eigenvalue weighted by molar-refractivity contribution is 6.31. The number of aromatic hydroxyl groups is 1. The summed E-state index contributed by atoms with van der Waals surface area (Å²) in [6.07, 6.45) is 1.93. The molecule has 0 saturated carbocycles. The quantitative estimate of drug-likeness (QED) is 0.511. The molecule has 0 atom stereocenters. The number of phenolic OH excluding ortho intramolecular Hbond substituents is 1. The Kier molecular flexibility index (Phi) is 5.66. The number of hydrazone groups is 1. The molecule has 0 aliphatic heterocycles. The Hall–Kier alpha value is -3.12. The third kappa shape index (κ3) is 4.49. The zero-order chi connectivity index (χ0) is 18.4. The summed E-state index contributed by atoms with van der Waals surface area (Å²) in [7, 11) is 0. The van der Waals surface area contributed by atoms with Gasteiger partial charge in [-0.05, 0) is 41.8 Å². The fourth-order valence-electron chi connectivity index (χ4n) is 2.29. The lowest BCUT2D eigenvalue weighted by molar-refractivity contribution is -0.121. The van der Waals surface area contributed by atoms with Crippen LogP contribution in [0.15, 0.2) is 64.1 Å². The van der Waals surface area contributed by atoms with Crippen LogP contribution in [0.3, 0.4) is 0 Å². The molecule has 0 bridgehead atoms. The van der Waals surface area contributed by atoms with E-state index in [0.717, 1.165) is 5.56 Å². The van der Waals surface area contributed by atoms with E-state index in [-0.39, 0.29) is 23.3 Å². The van der Waals surface area contributed by atoms with Crippen molar-refractivity contribution in [3.05, 3.63) is 71.1 Å². The van der Waals surface area contributed by atoms with Crippen LogP contribution in [-0.2, 0) is 11.2 Å². The highest BCUT2D eigenvalue weighted by atomic mass is 35.5. The van der Waals surface area contributed by atoms with Gasteiger partial charge in [-0.1, -0.05) is 36.4 Å². The van der Waals surface area contributed by atoms with Crippen molar-refractivity contribution in [3.63, 3.8) is 0 Å². The largest absolute Gasteiger partial charge is 0.508 e. The van der Waals surface area contributed by atoms with E-state index in [1.54, 1.807) is 18.2 Å². The summed E-state index contributed by atoms with van der Waals surface area (Å²) in [5, 5.41) is 13.6. The second-order valence-corrected chi connectivity index (χ2v) is 5.81. The average Bonchev–Trinajstić information content (AvgIpc) is 3.03. The number of hydrogen-bond donors (Lipinski definition) is 2. The number of oxazole rings is 1. The first-order chi connectivity index (χ1) is 12.6. The Balaban J connectivity index is 1.56. The third-order valence-electron chi connectivity index (χ3n) is 3.62. The SMILES string of the molecule is O=C(CCc1ccccc1O)N/N=C/c1nc(-c2ccccc2)oc1Cl. The van der Waals surface area contributed by atoms with Crippen molar-refractivity contribution in [3.8, 4) is 17.2 Å². The average molecular weight is 370 g/mol. The Morgan fingerprint density at radius 2 is 1.92 bits per heavy atom. The van der Waals surface area contributed by atoms with Gasteiger partial charge in [0.1, 0.15) is 11.4 Å². The summed E-state index contributed by atoms with van der Waals surface area (Å²) >= 11 is 6.01. The standard InChI is InChI=1S/C19H16ClN3O3/c20-18-15(22-19(26-18)14-7-2-1-3-8-14)12-21-23-17(25)11-10-13-6-4-5-9-16(13)24/h1-9,12,24H,10-11H2,(H,23,25)/b21-12+. The molecule has 0 fully saturated rings. The topological polar surface area (TPSA) is 87.7 Å². The van der Waals surface area contributed by atoms with Crippen LogP contribution in [0.4, 0.5) is 0 Å². The van der Waals surface area contributed by atoms with Crippen LogP contribution in [-0.4, -0.2) is 22.2 Å². The number of aromatic nitrogens is 1. The van der Waals surface area contributed by atoms with Crippen LogP contribution >= 0.6 is 11.6 Å². The molecule has 3 rings (SSSR count). The van der Waals surface area contributed by atoms with Gasteiger partial charge in [-0.3, -0.25) is 4.79 Å². The molecule has 1 heterocycles. The summed E-state index contributed by atoms with van der Waals surface area (Å²) in [5.74, 6) is 0.266. The maximum Gasteiger partial charge on any atom is 0.240 e. The number of hydrogen-bond acceptors (Lipinski definition) is 5. The number of benzene rings is 2. The van der Waals surface area contributed by atoms with E-state index in [1.165, 1.54) is 6.21 Å². The van der Waals surface area contributed by atoms with Gasteiger partial charge in [-0.25, -0.2) is 10.4 Å². The third-order valence-corrected chi connectivity index (χ3v) is 3.89. The van der Waals surface area contributed by atoms with E-state index in [1.807, 2.05) is 36.4 Å². The van der Waals surface area contributed by atoms with Gasteiger partial charge in [0.05, 0.1) is 6.21 Å². The molecular formula is C19H16ClN3O3. The number of carbonyl (C=O) groups excluding carboxylic acids is 1. The van der Waals surface area contributed by atoms with Crippen molar-refractivity contribution >= 4 is 23.7 Å². The summed E-state index contributed by atoms with van der Waals surface area (Å²) in [4.78, 5) is 16.1. The van der Waals surface area contributed by atoms with E-state index in [9.17, 15) is 9.90 Å². The van der Waals surface area contributed by atoms with Crippen molar-refractivity contribution in [1.29, 1.82) is 0 Å². The van der Waals surface area contributed by atoms with Gasteiger partial charge in [0.15, 0.2) is 0 Å². The number of phenols is 1. The minimum absolute atomic E-state index is 0.0936. The molecule has 7 heteroatoms. The van der Waals surface area contributed by atoms with Crippen molar-refractivity contribution in [2.24, 2.45) is 5.10 Å². The second kappa shape index (κ2) is 8.31. The van der Waals surface area contributed by atoms with Crippen molar-refractivity contribution in [1.82, 2.24) is 10.4 Å². The summed E-state index contributed by atoms with van der Waals surface area (Å²) in [6, 6.07) is 16.2. The van der Waals surface area contributed by atoms with Crippen LogP contribution in [0.5, 0.6) is 5.75 Å². The summed E-state index contributed by atoms with van der Waals surface area (Å²) < 4.78 is 5.40. The maximum atomic E-state index is 11.8. The number of para-hydroxylation sites is 1. The Morgan fingerprint density at radius 3 is 2.69 bits per heavy atom. The lowest BCUT2D eigenvalue weighted by Gasteiger charge is -2.03. The molecule has 132 valence electrons. The van der Waals surface area contributed by atoms with Crippen LogP contribution in [0.25, 0.3) is 11.5 Å². The van der Waals surface area contributed by atoms with Gasteiger partial charge < -0.3 is 9.52 Å². The van der Waals surface area contributed by atoms with E-state index >= 15 is 0 Å². The molecule has 2 aromatic carbocycles. The Bertz CT molecular complexity index is 923. The minimum Gasteiger partial charge on any atom is -0.508 e. The van der Waals surface area contributed by atoms with Crippen LogP contribution in [0.2, 0.25) is 5.22 Å². The van der Waals surface area contributed by atoms with Crippen LogP contribution in [0.1, 0.15) is 17.7 Å². The van der Waals surface area contributed by atoms with E-state index in [0.29, 0.717) is 23.6 Å². The molecular weight excluding hydrogens is 354 g/mol. The monoisotopic (exact) mass is 369 g/mol. The molecule has 0 radical (unpaired) electrons. The van der Waals surface area contributed by atoms with Crippen molar-refractivity contribution in [2.45, 2.75) is 12.8 Å². The maximum absolute atomic E-state index is 11.8. The number of amides is 1.